The van der Waals surface area contributed by atoms with Gasteiger partial charge in [0, 0.05) is 24.6 Å². The number of amides is 3. The first-order valence-corrected chi connectivity index (χ1v) is 6.48. The van der Waals surface area contributed by atoms with Gasteiger partial charge in [0.25, 0.3) is 5.91 Å². The van der Waals surface area contributed by atoms with E-state index in [9.17, 15) is 9.59 Å². The van der Waals surface area contributed by atoms with Crippen LogP contribution in [0.2, 0.25) is 5.15 Å². The maximum absolute atomic E-state index is 12.0. The molecule has 0 unspecified atom stereocenters. The number of carbonyl (C=O) groups is 2. The first-order chi connectivity index (χ1) is 10.1. The number of urea groups is 1. The van der Waals surface area contributed by atoms with Gasteiger partial charge in [-0.15, -0.1) is 0 Å². The highest BCUT2D eigenvalue weighted by atomic mass is 35.5. The molecule has 0 bridgehead atoms. The van der Waals surface area contributed by atoms with Gasteiger partial charge < -0.3 is 16.0 Å². The molecule has 3 amide bonds. The molecule has 3 N–H and O–H groups in total. The van der Waals surface area contributed by atoms with Gasteiger partial charge in [0.05, 0.1) is 5.56 Å². The molecule has 0 aliphatic heterocycles. The Morgan fingerprint density at radius 1 is 1.00 bits per heavy atom. The smallest absolute Gasteiger partial charge is 0.318 e. The lowest BCUT2D eigenvalue weighted by molar-refractivity contribution is 0.102. The largest absolute Gasteiger partial charge is 0.341 e. The van der Waals surface area contributed by atoms with Crippen molar-refractivity contribution in [2.75, 3.05) is 17.7 Å². The highest BCUT2D eigenvalue weighted by Crippen LogP contribution is 2.15. The van der Waals surface area contributed by atoms with E-state index in [1.807, 2.05) is 0 Å². The average molecular weight is 305 g/mol. The molecule has 0 atom stereocenters. The highest BCUT2D eigenvalue weighted by molar-refractivity contribution is 6.29. The summed E-state index contributed by atoms with van der Waals surface area (Å²) in [5.41, 5.74) is 1.64. The number of benzene rings is 1. The van der Waals surface area contributed by atoms with Crippen LogP contribution < -0.4 is 16.0 Å². The lowest BCUT2D eigenvalue weighted by atomic mass is 10.2. The third kappa shape index (κ3) is 4.19. The second-order valence-electron chi connectivity index (χ2n) is 4.11. The van der Waals surface area contributed by atoms with Gasteiger partial charge in [-0.2, -0.15) is 0 Å². The summed E-state index contributed by atoms with van der Waals surface area (Å²) in [6.45, 7) is 0. The van der Waals surface area contributed by atoms with Crippen LogP contribution in [-0.4, -0.2) is 24.0 Å². The summed E-state index contributed by atoms with van der Waals surface area (Å²) in [6, 6.07) is 9.58. The topological polar surface area (TPSA) is 83.1 Å². The van der Waals surface area contributed by atoms with Crippen molar-refractivity contribution in [3.63, 3.8) is 0 Å². The van der Waals surface area contributed by atoms with Crippen molar-refractivity contribution < 1.29 is 9.59 Å². The van der Waals surface area contributed by atoms with Crippen LogP contribution >= 0.6 is 11.6 Å². The summed E-state index contributed by atoms with van der Waals surface area (Å²) in [6.07, 6.45) is 1.40. The van der Waals surface area contributed by atoms with Crippen LogP contribution in [-0.2, 0) is 0 Å². The van der Waals surface area contributed by atoms with Crippen molar-refractivity contribution in [1.82, 2.24) is 10.3 Å². The molecular weight excluding hydrogens is 292 g/mol. The number of rotatable bonds is 3. The number of nitrogens with one attached hydrogen (secondary N) is 3. The van der Waals surface area contributed by atoms with E-state index >= 15 is 0 Å². The summed E-state index contributed by atoms with van der Waals surface area (Å²) < 4.78 is 0. The molecule has 7 heteroatoms. The Hall–Kier alpha value is -2.60. The number of anilines is 2. The molecule has 1 aromatic heterocycles. The molecule has 21 heavy (non-hydrogen) atoms. The van der Waals surface area contributed by atoms with Crippen LogP contribution in [0.4, 0.5) is 16.2 Å². The minimum atomic E-state index is -0.306. The molecule has 1 heterocycles. The summed E-state index contributed by atoms with van der Waals surface area (Å²) in [4.78, 5) is 27.0. The molecule has 0 aliphatic rings. The van der Waals surface area contributed by atoms with Crippen LogP contribution in [0, 0.1) is 0 Å². The van der Waals surface area contributed by atoms with Crippen molar-refractivity contribution in [3.8, 4) is 0 Å². The second-order valence-corrected chi connectivity index (χ2v) is 4.49. The summed E-state index contributed by atoms with van der Waals surface area (Å²) in [7, 11) is 1.53. The van der Waals surface area contributed by atoms with E-state index in [4.69, 9.17) is 11.6 Å². The van der Waals surface area contributed by atoms with Crippen LogP contribution in [0.1, 0.15) is 10.4 Å². The Bertz CT molecular complexity index is 641. The molecule has 0 spiro atoms. The van der Waals surface area contributed by atoms with Gasteiger partial charge in [0.2, 0.25) is 0 Å². The lowest BCUT2D eigenvalue weighted by Crippen LogP contribution is -2.24. The SMILES string of the molecule is CNC(=O)Nc1ccc(NC(=O)c2ccc(Cl)nc2)cc1. The van der Waals surface area contributed by atoms with Gasteiger partial charge in [-0.3, -0.25) is 4.79 Å². The van der Waals surface area contributed by atoms with E-state index in [0.29, 0.717) is 22.1 Å². The van der Waals surface area contributed by atoms with E-state index in [1.54, 1.807) is 36.4 Å². The zero-order valence-corrected chi connectivity index (χ0v) is 11.9. The predicted octanol–water partition coefficient (Wildman–Crippen LogP) is 2.74. The first-order valence-electron chi connectivity index (χ1n) is 6.10. The maximum Gasteiger partial charge on any atom is 0.318 e. The summed E-state index contributed by atoms with van der Waals surface area (Å²) >= 11 is 5.66. The fraction of sp³-hybridized carbons (Fsp3) is 0.0714. The van der Waals surface area contributed by atoms with Gasteiger partial charge in [0.1, 0.15) is 5.15 Å². The Kier molecular flexibility index (Phi) is 4.73. The third-order valence-electron chi connectivity index (χ3n) is 2.62. The third-order valence-corrected chi connectivity index (χ3v) is 2.84. The molecule has 2 rings (SSSR count). The molecule has 0 saturated carbocycles. The average Bonchev–Trinajstić information content (AvgIpc) is 2.49. The first kappa shape index (κ1) is 14.8. The Labute approximate surface area is 126 Å². The molecular formula is C14H13ClN4O2. The summed E-state index contributed by atoms with van der Waals surface area (Å²) in [5, 5.41) is 8.12. The molecule has 1 aromatic carbocycles. The number of nitrogens with zero attached hydrogens (tertiary/aromatic N) is 1. The Morgan fingerprint density at radius 2 is 1.62 bits per heavy atom. The Balaban J connectivity index is 2.01. The predicted molar refractivity (Wildman–Crippen MR) is 81.7 cm³/mol. The fourth-order valence-corrected chi connectivity index (χ4v) is 1.66. The quantitative estimate of drug-likeness (QED) is 0.762. The van der Waals surface area contributed by atoms with E-state index in [2.05, 4.69) is 20.9 Å². The highest BCUT2D eigenvalue weighted by Gasteiger charge is 2.06. The minimum Gasteiger partial charge on any atom is -0.341 e. The second kappa shape index (κ2) is 6.71. The van der Waals surface area contributed by atoms with E-state index in [0.717, 1.165) is 0 Å². The van der Waals surface area contributed by atoms with Crippen molar-refractivity contribution in [1.29, 1.82) is 0 Å². The zero-order valence-electron chi connectivity index (χ0n) is 11.2. The van der Waals surface area contributed by atoms with Gasteiger partial charge >= 0.3 is 6.03 Å². The molecule has 6 nitrogen and oxygen atoms in total. The molecule has 108 valence electrons. The number of hydrogen-bond acceptors (Lipinski definition) is 3. The molecule has 0 radical (unpaired) electrons. The normalized spacial score (nSPS) is 9.81. The van der Waals surface area contributed by atoms with Gasteiger partial charge in [0.15, 0.2) is 0 Å². The molecule has 0 saturated heterocycles. The van der Waals surface area contributed by atoms with Gasteiger partial charge in [-0.1, -0.05) is 11.6 Å². The van der Waals surface area contributed by atoms with Crippen molar-refractivity contribution in [2.45, 2.75) is 0 Å². The van der Waals surface area contributed by atoms with Crippen molar-refractivity contribution in [2.24, 2.45) is 0 Å². The Morgan fingerprint density at radius 3 is 2.14 bits per heavy atom. The standard InChI is InChI=1S/C14H13ClN4O2/c1-16-14(21)19-11-5-3-10(4-6-11)18-13(20)9-2-7-12(15)17-8-9/h2-8H,1H3,(H,18,20)(H2,16,19,21). The maximum atomic E-state index is 12.0. The van der Waals surface area contributed by atoms with Crippen LogP contribution in [0.5, 0.6) is 0 Å². The number of pyridine rings is 1. The minimum absolute atomic E-state index is 0.286. The number of halogens is 1. The van der Waals surface area contributed by atoms with Gasteiger partial charge in [-0.05, 0) is 36.4 Å². The zero-order chi connectivity index (χ0) is 15.2. The lowest BCUT2D eigenvalue weighted by Gasteiger charge is -2.07. The molecule has 0 aliphatic carbocycles. The van der Waals surface area contributed by atoms with Crippen LogP contribution in [0.15, 0.2) is 42.6 Å². The summed E-state index contributed by atoms with van der Waals surface area (Å²) in [5.74, 6) is -0.286. The van der Waals surface area contributed by atoms with Gasteiger partial charge in [-0.25, -0.2) is 9.78 Å². The molecule has 2 aromatic rings. The number of hydrogen-bond donors (Lipinski definition) is 3. The van der Waals surface area contributed by atoms with E-state index in [1.165, 1.54) is 13.2 Å². The van der Waals surface area contributed by atoms with Crippen LogP contribution in [0.3, 0.4) is 0 Å². The number of carbonyl (C=O) groups excluding carboxylic acids is 2. The fourth-order valence-electron chi connectivity index (χ4n) is 1.54. The van der Waals surface area contributed by atoms with E-state index < -0.39 is 0 Å². The van der Waals surface area contributed by atoms with Crippen LogP contribution in [0.25, 0.3) is 0 Å². The van der Waals surface area contributed by atoms with Crippen molar-refractivity contribution in [3.05, 3.63) is 53.3 Å². The number of aromatic nitrogens is 1. The monoisotopic (exact) mass is 304 g/mol. The van der Waals surface area contributed by atoms with Crippen molar-refractivity contribution >= 4 is 34.9 Å². The van der Waals surface area contributed by atoms with E-state index in [-0.39, 0.29) is 11.9 Å². The molecule has 0 fully saturated rings.